The molecule has 8 heteroatoms. The van der Waals surface area contributed by atoms with Crippen LogP contribution in [0.3, 0.4) is 0 Å². The molecule has 0 aliphatic heterocycles. The number of fused-ring (bicyclic) bond motifs is 3. The van der Waals surface area contributed by atoms with Crippen LogP contribution in [0.5, 0.6) is 0 Å². The number of ether oxygens (including phenoxy) is 1. The highest BCUT2D eigenvalue weighted by atomic mass is 16.5. The molecular formula is C22H24N2O6. The van der Waals surface area contributed by atoms with Crippen LogP contribution >= 0.6 is 0 Å². The van der Waals surface area contributed by atoms with E-state index in [4.69, 9.17) is 14.9 Å². The Hall–Kier alpha value is -3.39. The van der Waals surface area contributed by atoms with E-state index in [0.717, 1.165) is 22.3 Å². The van der Waals surface area contributed by atoms with Crippen molar-refractivity contribution in [1.29, 1.82) is 0 Å². The van der Waals surface area contributed by atoms with E-state index in [1.54, 1.807) is 0 Å². The van der Waals surface area contributed by atoms with E-state index in [2.05, 4.69) is 10.6 Å². The summed E-state index contributed by atoms with van der Waals surface area (Å²) in [4.78, 5) is 35.4. The van der Waals surface area contributed by atoms with Crippen molar-refractivity contribution in [3.63, 3.8) is 0 Å². The van der Waals surface area contributed by atoms with Gasteiger partial charge in [0.2, 0.25) is 5.91 Å². The number of benzene rings is 2. The van der Waals surface area contributed by atoms with Gasteiger partial charge in [0, 0.05) is 18.9 Å². The van der Waals surface area contributed by atoms with E-state index < -0.39 is 30.1 Å². The Morgan fingerprint density at radius 1 is 1.00 bits per heavy atom. The second kappa shape index (κ2) is 9.41. The molecule has 0 saturated carbocycles. The Balaban J connectivity index is 1.58. The molecule has 3 rings (SSSR count). The fourth-order valence-electron chi connectivity index (χ4n) is 3.57. The van der Waals surface area contributed by atoms with E-state index in [1.807, 2.05) is 48.5 Å². The maximum Gasteiger partial charge on any atom is 0.407 e. The number of carbonyl (C=O) groups is 3. The van der Waals surface area contributed by atoms with Crippen LogP contribution in [0.15, 0.2) is 48.5 Å². The van der Waals surface area contributed by atoms with Crippen molar-refractivity contribution in [3.8, 4) is 11.1 Å². The van der Waals surface area contributed by atoms with Gasteiger partial charge in [-0.3, -0.25) is 4.79 Å². The first-order chi connectivity index (χ1) is 14.4. The Kier molecular flexibility index (Phi) is 6.68. The molecule has 2 aromatic carbocycles. The van der Waals surface area contributed by atoms with Crippen LogP contribution in [0, 0.1) is 0 Å². The molecule has 0 saturated heterocycles. The zero-order valence-corrected chi connectivity index (χ0v) is 16.5. The molecule has 0 fully saturated rings. The molecule has 4 N–H and O–H groups in total. The minimum atomic E-state index is -1.26. The van der Waals surface area contributed by atoms with Crippen molar-refractivity contribution >= 4 is 18.0 Å². The molecule has 0 heterocycles. The molecule has 2 amide bonds. The van der Waals surface area contributed by atoms with Crippen molar-refractivity contribution in [2.24, 2.45) is 0 Å². The summed E-state index contributed by atoms with van der Waals surface area (Å²) in [5, 5.41) is 22.6. The molecule has 0 spiro atoms. The third-order valence-electron chi connectivity index (χ3n) is 5.10. The quantitative estimate of drug-likeness (QED) is 0.525. The number of carbonyl (C=O) groups excluding carboxylic acids is 2. The summed E-state index contributed by atoms with van der Waals surface area (Å²) in [5.74, 6) is -2.04. The lowest BCUT2D eigenvalue weighted by atomic mass is 9.98. The first-order valence-electron chi connectivity index (χ1n) is 9.68. The fourth-order valence-corrected chi connectivity index (χ4v) is 3.57. The minimum Gasteiger partial charge on any atom is -0.480 e. The Morgan fingerprint density at radius 3 is 2.10 bits per heavy atom. The standard InChI is InChI=1S/C22H24N2O6/c1-13(20(26)24-19(10-11-25)21(27)28)23-22(29)30-12-18-16-8-4-2-6-14(16)15-7-3-5-9-17(15)18/h2-9,13,18-19,25H,10-12H2,1H3,(H,23,29)(H,24,26)(H,27,28)/t13?,19-/m1/s1. The topological polar surface area (TPSA) is 125 Å². The van der Waals surface area contributed by atoms with E-state index in [-0.39, 0.29) is 25.6 Å². The lowest BCUT2D eigenvalue weighted by Crippen LogP contribution is -2.50. The minimum absolute atomic E-state index is 0.103. The molecule has 2 atom stereocenters. The highest BCUT2D eigenvalue weighted by Crippen LogP contribution is 2.44. The van der Waals surface area contributed by atoms with Gasteiger partial charge in [0.25, 0.3) is 0 Å². The van der Waals surface area contributed by atoms with Gasteiger partial charge in [0.1, 0.15) is 18.7 Å². The Labute approximate surface area is 173 Å². The molecule has 0 radical (unpaired) electrons. The Bertz CT molecular complexity index is 899. The van der Waals surface area contributed by atoms with Gasteiger partial charge in [-0.1, -0.05) is 48.5 Å². The Morgan fingerprint density at radius 2 is 1.57 bits per heavy atom. The van der Waals surface area contributed by atoms with Crippen LogP contribution < -0.4 is 10.6 Å². The first kappa shape index (κ1) is 21.3. The fraction of sp³-hybridized carbons (Fsp3) is 0.318. The lowest BCUT2D eigenvalue weighted by molar-refractivity contribution is -0.142. The van der Waals surface area contributed by atoms with Crippen molar-refractivity contribution in [1.82, 2.24) is 10.6 Å². The van der Waals surface area contributed by atoms with Gasteiger partial charge in [0.05, 0.1) is 0 Å². The predicted molar refractivity (Wildman–Crippen MR) is 109 cm³/mol. The van der Waals surface area contributed by atoms with E-state index in [0.29, 0.717) is 0 Å². The number of alkyl carbamates (subject to hydrolysis) is 1. The molecule has 158 valence electrons. The number of hydrogen-bond donors (Lipinski definition) is 4. The maximum absolute atomic E-state index is 12.2. The third kappa shape index (κ3) is 4.60. The summed E-state index contributed by atoms with van der Waals surface area (Å²) < 4.78 is 5.37. The predicted octanol–water partition coefficient (Wildman–Crippen LogP) is 1.87. The van der Waals surface area contributed by atoms with Crippen LogP contribution in [-0.2, 0) is 14.3 Å². The number of carboxylic acids is 1. The number of nitrogens with one attached hydrogen (secondary N) is 2. The molecule has 8 nitrogen and oxygen atoms in total. The average Bonchev–Trinajstić information content (AvgIpc) is 3.05. The summed E-state index contributed by atoms with van der Waals surface area (Å²) in [6.07, 6.45) is -0.896. The van der Waals surface area contributed by atoms with Gasteiger partial charge in [-0.05, 0) is 29.2 Å². The van der Waals surface area contributed by atoms with Crippen LogP contribution in [0.1, 0.15) is 30.4 Å². The third-order valence-corrected chi connectivity index (χ3v) is 5.10. The number of rotatable bonds is 8. The highest BCUT2D eigenvalue weighted by Gasteiger charge is 2.29. The molecule has 30 heavy (non-hydrogen) atoms. The van der Waals surface area contributed by atoms with E-state index in [1.165, 1.54) is 6.92 Å². The lowest BCUT2D eigenvalue weighted by Gasteiger charge is -2.19. The van der Waals surface area contributed by atoms with Crippen molar-refractivity contribution in [2.45, 2.75) is 31.3 Å². The molecule has 0 bridgehead atoms. The van der Waals surface area contributed by atoms with E-state index in [9.17, 15) is 14.4 Å². The summed E-state index contributed by atoms with van der Waals surface area (Å²) >= 11 is 0. The van der Waals surface area contributed by atoms with Gasteiger partial charge in [-0.15, -0.1) is 0 Å². The average molecular weight is 412 g/mol. The number of aliphatic carboxylic acids is 1. The molecular weight excluding hydrogens is 388 g/mol. The number of carboxylic acid groups (broad SMARTS) is 1. The van der Waals surface area contributed by atoms with Crippen LogP contribution in [0.4, 0.5) is 4.79 Å². The molecule has 2 aromatic rings. The second-order valence-electron chi connectivity index (χ2n) is 7.10. The molecule has 1 unspecified atom stereocenters. The van der Waals surface area contributed by atoms with Crippen molar-refractivity contribution < 1.29 is 29.3 Å². The second-order valence-corrected chi connectivity index (χ2v) is 7.10. The largest absolute Gasteiger partial charge is 0.480 e. The zero-order valence-electron chi connectivity index (χ0n) is 16.5. The van der Waals surface area contributed by atoms with Crippen molar-refractivity contribution in [2.75, 3.05) is 13.2 Å². The van der Waals surface area contributed by atoms with Crippen LogP contribution in [0.2, 0.25) is 0 Å². The summed E-state index contributed by atoms with van der Waals surface area (Å²) in [6.45, 7) is 1.15. The highest BCUT2D eigenvalue weighted by molar-refractivity contribution is 5.89. The van der Waals surface area contributed by atoms with Gasteiger partial charge in [-0.25, -0.2) is 9.59 Å². The maximum atomic E-state index is 12.2. The van der Waals surface area contributed by atoms with Gasteiger partial charge >= 0.3 is 12.1 Å². The smallest absolute Gasteiger partial charge is 0.407 e. The zero-order chi connectivity index (χ0) is 21.7. The van der Waals surface area contributed by atoms with Gasteiger partial charge < -0.3 is 25.6 Å². The number of aliphatic hydroxyl groups is 1. The van der Waals surface area contributed by atoms with Gasteiger partial charge in [-0.2, -0.15) is 0 Å². The molecule has 1 aliphatic rings. The summed E-state index contributed by atoms with van der Waals surface area (Å²) in [7, 11) is 0. The molecule has 0 aromatic heterocycles. The summed E-state index contributed by atoms with van der Waals surface area (Å²) in [6, 6.07) is 13.7. The van der Waals surface area contributed by atoms with Gasteiger partial charge in [0.15, 0.2) is 0 Å². The first-order valence-corrected chi connectivity index (χ1v) is 9.68. The van der Waals surface area contributed by atoms with Crippen LogP contribution in [0.25, 0.3) is 11.1 Å². The monoisotopic (exact) mass is 412 g/mol. The number of amides is 2. The summed E-state index contributed by atoms with van der Waals surface area (Å²) in [5.41, 5.74) is 4.37. The van der Waals surface area contributed by atoms with E-state index >= 15 is 0 Å². The van der Waals surface area contributed by atoms with Crippen LogP contribution in [-0.4, -0.2) is 53.5 Å². The molecule has 1 aliphatic carbocycles. The number of hydrogen-bond acceptors (Lipinski definition) is 5. The van der Waals surface area contributed by atoms with Crippen molar-refractivity contribution in [3.05, 3.63) is 59.7 Å². The normalized spacial score (nSPS) is 14.2. The SMILES string of the molecule is CC(NC(=O)OCC1c2ccccc2-c2ccccc21)C(=O)N[C@H](CCO)C(=O)O. The number of aliphatic hydroxyl groups excluding tert-OH is 1.